The zero-order chi connectivity index (χ0) is 14.7. The smallest absolute Gasteiger partial charge is 0.185 e. The highest BCUT2D eigenvalue weighted by atomic mass is 16.1. The van der Waals surface area contributed by atoms with Crippen molar-refractivity contribution in [1.29, 1.82) is 0 Å². The third kappa shape index (κ3) is 3.30. The van der Waals surface area contributed by atoms with E-state index < -0.39 is 0 Å². The molecule has 0 heterocycles. The molecule has 0 bridgehead atoms. The molecule has 1 aliphatic rings. The fourth-order valence-corrected chi connectivity index (χ4v) is 2.83. The number of carbonyl (C=O) groups excluding carboxylic acids is 1. The van der Waals surface area contributed by atoms with Crippen molar-refractivity contribution in [3.05, 3.63) is 76.4 Å². The van der Waals surface area contributed by atoms with E-state index in [0.717, 1.165) is 24.0 Å². The first kappa shape index (κ1) is 13.8. The van der Waals surface area contributed by atoms with Gasteiger partial charge in [-0.25, -0.2) is 0 Å². The van der Waals surface area contributed by atoms with Gasteiger partial charge in [0.15, 0.2) is 5.78 Å². The minimum absolute atomic E-state index is 0.0870. The molecule has 0 N–H and O–H groups in total. The largest absolute Gasteiger partial charge is 0.289 e. The van der Waals surface area contributed by atoms with Gasteiger partial charge in [-0.2, -0.15) is 0 Å². The Kier molecular flexibility index (Phi) is 4.01. The molecule has 0 aliphatic heterocycles. The molecule has 0 saturated heterocycles. The molecular weight excluding hydrogens is 256 g/mol. The van der Waals surface area contributed by atoms with Gasteiger partial charge in [0.05, 0.1) is 0 Å². The first-order valence-corrected chi connectivity index (χ1v) is 7.63. The summed E-state index contributed by atoms with van der Waals surface area (Å²) in [7, 11) is 0. The van der Waals surface area contributed by atoms with Crippen molar-refractivity contribution in [2.24, 2.45) is 0 Å². The molecule has 0 amide bonds. The fourth-order valence-electron chi connectivity index (χ4n) is 2.83. The summed E-state index contributed by atoms with van der Waals surface area (Å²) >= 11 is 0. The number of aryl methyl sites for hydroxylation is 3. The van der Waals surface area contributed by atoms with Crippen LogP contribution in [0.5, 0.6) is 0 Å². The van der Waals surface area contributed by atoms with Gasteiger partial charge in [0, 0.05) is 5.56 Å². The van der Waals surface area contributed by atoms with Crippen LogP contribution >= 0.6 is 0 Å². The van der Waals surface area contributed by atoms with Crippen molar-refractivity contribution in [2.75, 3.05) is 0 Å². The first-order valence-electron chi connectivity index (χ1n) is 7.63. The molecule has 0 atom stereocenters. The summed E-state index contributed by atoms with van der Waals surface area (Å²) in [6.07, 6.45) is 8.34. The van der Waals surface area contributed by atoms with Crippen molar-refractivity contribution in [1.82, 2.24) is 0 Å². The van der Waals surface area contributed by atoms with Crippen molar-refractivity contribution in [2.45, 2.75) is 32.6 Å². The van der Waals surface area contributed by atoms with Gasteiger partial charge in [-0.1, -0.05) is 48.0 Å². The number of allylic oxidation sites excluding steroid dienone is 1. The summed E-state index contributed by atoms with van der Waals surface area (Å²) in [5.74, 6) is 0.0870. The van der Waals surface area contributed by atoms with E-state index in [1.165, 1.54) is 29.5 Å². The average Bonchev–Trinajstić information content (AvgIpc) is 2.53. The van der Waals surface area contributed by atoms with E-state index in [9.17, 15) is 4.79 Å². The summed E-state index contributed by atoms with van der Waals surface area (Å²) < 4.78 is 0. The van der Waals surface area contributed by atoms with E-state index in [1.54, 1.807) is 6.08 Å². The molecule has 0 unspecified atom stereocenters. The number of hydrogen-bond donors (Lipinski definition) is 0. The standard InChI is InChI=1S/C20H20O/c1-15-6-8-16(9-7-15)10-13-20(21)19-12-11-17-4-2-3-5-18(17)14-19/h6-14H,2-5H2,1H3/b13-10+. The average molecular weight is 276 g/mol. The van der Waals surface area contributed by atoms with Gasteiger partial charge in [0.1, 0.15) is 0 Å². The van der Waals surface area contributed by atoms with E-state index in [2.05, 4.69) is 31.2 Å². The Morgan fingerprint density at radius 3 is 2.43 bits per heavy atom. The number of ketones is 1. The summed E-state index contributed by atoms with van der Waals surface area (Å²) in [6, 6.07) is 14.4. The Balaban J connectivity index is 1.77. The number of benzene rings is 2. The highest BCUT2D eigenvalue weighted by molar-refractivity contribution is 6.07. The van der Waals surface area contributed by atoms with Gasteiger partial charge in [-0.3, -0.25) is 4.79 Å². The highest BCUT2D eigenvalue weighted by Gasteiger charge is 2.11. The second-order valence-corrected chi connectivity index (χ2v) is 5.80. The Labute approximate surface area is 126 Å². The first-order chi connectivity index (χ1) is 10.2. The minimum Gasteiger partial charge on any atom is -0.289 e. The van der Waals surface area contributed by atoms with Crippen LogP contribution in [0.25, 0.3) is 6.08 Å². The third-order valence-corrected chi connectivity index (χ3v) is 4.14. The lowest BCUT2D eigenvalue weighted by molar-refractivity contribution is 0.104. The summed E-state index contributed by atoms with van der Waals surface area (Å²) in [6.45, 7) is 2.06. The molecule has 0 saturated carbocycles. The zero-order valence-electron chi connectivity index (χ0n) is 12.4. The van der Waals surface area contributed by atoms with Crippen LogP contribution < -0.4 is 0 Å². The lowest BCUT2D eigenvalue weighted by atomic mass is 9.90. The van der Waals surface area contributed by atoms with Crippen LogP contribution in [0.1, 0.15) is 45.5 Å². The highest BCUT2D eigenvalue weighted by Crippen LogP contribution is 2.22. The number of rotatable bonds is 3. The van der Waals surface area contributed by atoms with Gasteiger partial charge < -0.3 is 0 Å². The maximum absolute atomic E-state index is 12.3. The SMILES string of the molecule is Cc1ccc(/C=C/C(=O)c2ccc3c(c2)CCCC3)cc1. The lowest BCUT2D eigenvalue weighted by Gasteiger charge is -2.15. The van der Waals surface area contributed by atoms with E-state index in [0.29, 0.717) is 0 Å². The summed E-state index contributed by atoms with van der Waals surface area (Å²) in [4.78, 5) is 12.3. The maximum atomic E-state index is 12.3. The van der Waals surface area contributed by atoms with Crippen LogP contribution in [0.3, 0.4) is 0 Å². The molecule has 1 aliphatic carbocycles. The van der Waals surface area contributed by atoms with Gasteiger partial charge in [0.25, 0.3) is 0 Å². The Morgan fingerprint density at radius 2 is 1.67 bits per heavy atom. The number of hydrogen-bond acceptors (Lipinski definition) is 1. The van der Waals surface area contributed by atoms with Gasteiger partial charge in [-0.15, -0.1) is 0 Å². The maximum Gasteiger partial charge on any atom is 0.185 e. The molecule has 0 fully saturated rings. The molecular formula is C20H20O. The van der Waals surface area contributed by atoms with Gasteiger partial charge in [-0.05, 0) is 61.4 Å². The second-order valence-electron chi connectivity index (χ2n) is 5.80. The normalized spacial score (nSPS) is 14.1. The zero-order valence-corrected chi connectivity index (χ0v) is 12.4. The molecule has 1 nitrogen and oxygen atoms in total. The van der Waals surface area contributed by atoms with Crippen LogP contribution in [-0.4, -0.2) is 5.78 Å². The predicted octanol–water partition coefficient (Wildman–Crippen LogP) is 4.77. The minimum atomic E-state index is 0.0870. The third-order valence-electron chi connectivity index (χ3n) is 4.14. The summed E-state index contributed by atoms with van der Waals surface area (Å²) in [5, 5.41) is 0. The van der Waals surface area contributed by atoms with E-state index in [4.69, 9.17) is 0 Å². The monoisotopic (exact) mass is 276 g/mol. The molecule has 21 heavy (non-hydrogen) atoms. The van der Waals surface area contributed by atoms with Crippen molar-refractivity contribution in [3.63, 3.8) is 0 Å². The van der Waals surface area contributed by atoms with Gasteiger partial charge >= 0.3 is 0 Å². The topological polar surface area (TPSA) is 17.1 Å². The molecule has 1 heteroatoms. The second kappa shape index (κ2) is 6.09. The van der Waals surface area contributed by atoms with Gasteiger partial charge in [0.2, 0.25) is 0 Å². The molecule has 106 valence electrons. The van der Waals surface area contributed by atoms with E-state index in [1.807, 2.05) is 24.3 Å². The number of fused-ring (bicyclic) bond motifs is 1. The molecule has 2 aromatic rings. The molecule has 0 spiro atoms. The molecule has 0 radical (unpaired) electrons. The molecule has 3 rings (SSSR count). The van der Waals surface area contributed by atoms with Crippen LogP contribution in [0.4, 0.5) is 0 Å². The Bertz CT molecular complexity index is 677. The molecule has 2 aromatic carbocycles. The van der Waals surface area contributed by atoms with Crippen LogP contribution in [0.15, 0.2) is 48.5 Å². The molecule has 0 aromatic heterocycles. The van der Waals surface area contributed by atoms with Crippen molar-refractivity contribution < 1.29 is 4.79 Å². The lowest BCUT2D eigenvalue weighted by Crippen LogP contribution is -2.05. The predicted molar refractivity (Wildman–Crippen MR) is 87.6 cm³/mol. The van der Waals surface area contributed by atoms with Crippen LogP contribution in [0, 0.1) is 6.92 Å². The fraction of sp³-hybridized carbons (Fsp3) is 0.250. The summed E-state index contributed by atoms with van der Waals surface area (Å²) in [5.41, 5.74) is 5.87. The van der Waals surface area contributed by atoms with Crippen molar-refractivity contribution in [3.8, 4) is 0 Å². The Hall–Kier alpha value is -2.15. The Morgan fingerprint density at radius 1 is 0.952 bits per heavy atom. The quantitative estimate of drug-likeness (QED) is 0.583. The van der Waals surface area contributed by atoms with Crippen LogP contribution in [0.2, 0.25) is 0 Å². The van der Waals surface area contributed by atoms with E-state index >= 15 is 0 Å². The van der Waals surface area contributed by atoms with E-state index in [-0.39, 0.29) is 5.78 Å². The van der Waals surface area contributed by atoms with Crippen molar-refractivity contribution >= 4 is 11.9 Å². The van der Waals surface area contributed by atoms with Crippen LogP contribution in [-0.2, 0) is 12.8 Å². The number of carbonyl (C=O) groups is 1.